The SMILES string of the molecule is Cc1cc(OCCCc2c3n(c4c(-c5c(C)nn(C)c5C)c(Cl)ccc24)CCCN(c2cc(C(=O)O)c4cc[nH]c4c2)C3=O)cc(C)c1Cl. The molecule has 9 nitrogen and oxygen atoms in total. The van der Waals surface area contributed by atoms with E-state index in [2.05, 4.69) is 14.6 Å². The number of anilines is 1. The number of aromatic nitrogens is 4. The summed E-state index contributed by atoms with van der Waals surface area (Å²) in [6.07, 6.45) is 3.60. The van der Waals surface area contributed by atoms with Crippen LogP contribution in [-0.2, 0) is 20.0 Å². The Morgan fingerprint density at radius 1 is 1.00 bits per heavy atom. The van der Waals surface area contributed by atoms with Crippen molar-refractivity contribution in [2.45, 2.75) is 53.5 Å². The Bertz CT molecular complexity index is 2290. The summed E-state index contributed by atoms with van der Waals surface area (Å²) in [6.45, 7) is 9.37. The minimum Gasteiger partial charge on any atom is -0.494 e. The monoisotopic (exact) mass is 697 g/mol. The average molecular weight is 699 g/mol. The number of aromatic carboxylic acids is 1. The van der Waals surface area contributed by atoms with Gasteiger partial charge in [0.25, 0.3) is 5.91 Å². The van der Waals surface area contributed by atoms with E-state index >= 15 is 0 Å². The van der Waals surface area contributed by atoms with E-state index < -0.39 is 5.97 Å². The number of nitrogens with zero attached hydrogens (tertiary/aromatic N) is 4. The Kier molecular flexibility index (Phi) is 8.45. The molecule has 6 aromatic rings. The molecule has 7 rings (SSSR count). The van der Waals surface area contributed by atoms with Crippen LogP contribution in [0.15, 0.2) is 48.7 Å². The molecular weight excluding hydrogens is 661 g/mol. The molecule has 0 saturated heterocycles. The van der Waals surface area contributed by atoms with Crippen molar-refractivity contribution in [3.8, 4) is 16.9 Å². The van der Waals surface area contributed by atoms with Crippen molar-refractivity contribution in [2.24, 2.45) is 7.05 Å². The Hall–Kier alpha value is -4.73. The van der Waals surface area contributed by atoms with Gasteiger partial charge in [0.1, 0.15) is 11.4 Å². The van der Waals surface area contributed by atoms with E-state index in [4.69, 9.17) is 27.9 Å². The molecule has 3 aromatic carbocycles. The number of halogens is 2. The van der Waals surface area contributed by atoms with E-state index in [1.807, 2.05) is 69.8 Å². The smallest absolute Gasteiger partial charge is 0.336 e. The summed E-state index contributed by atoms with van der Waals surface area (Å²) >= 11 is 13.4. The number of aryl methyl sites for hydroxylation is 6. The first-order valence-corrected chi connectivity index (χ1v) is 17.1. The van der Waals surface area contributed by atoms with E-state index in [-0.39, 0.29) is 11.5 Å². The number of nitrogens with one attached hydrogen (secondary N) is 1. The number of rotatable bonds is 8. The highest BCUT2D eigenvalue weighted by molar-refractivity contribution is 6.35. The van der Waals surface area contributed by atoms with Crippen molar-refractivity contribution >= 4 is 62.6 Å². The fourth-order valence-electron chi connectivity index (χ4n) is 7.36. The maximum atomic E-state index is 14.9. The Balaban J connectivity index is 1.36. The third-order valence-electron chi connectivity index (χ3n) is 9.69. The zero-order valence-electron chi connectivity index (χ0n) is 28.1. The highest BCUT2D eigenvalue weighted by Gasteiger charge is 2.33. The van der Waals surface area contributed by atoms with Crippen molar-refractivity contribution in [3.63, 3.8) is 0 Å². The van der Waals surface area contributed by atoms with Crippen LogP contribution in [0.25, 0.3) is 32.9 Å². The fourth-order valence-corrected chi connectivity index (χ4v) is 7.72. The maximum absolute atomic E-state index is 14.9. The number of carboxylic acid groups (broad SMARTS) is 1. The van der Waals surface area contributed by atoms with Gasteiger partial charge in [-0.3, -0.25) is 9.48 Å². The number of H-pyrrole nitrogens is 1. The number of carboxylic acids is 1. The molecular formula is C38H37Cl2N5O4. The molecule has 1 amide bonds. The molecule has 0 unspecified atom stereocenters. The largest absolute Gasteiger partial charge is 0.494 e. The molecule has 49 heavy (non-hydrogen) atoms. The lowest BCUT2D eigenvalue weighted by Crippen LogP contribution is -2.32. The number of ether oxygens (including phenoxy) is 1. The van der Waals surface area contributed by atoms with E-state index in [1.165, 1.54) is 0 Å². The summed E-state index contributed by atoms with van der Waals surface area (Å²) in [4.78, 5) is 32.0. The van der Waals surface area contributed by atoms with Crippen LogP contribution < -0.4 is 9.64 Å². The normalized spacial score (nSPS) is 13.4. The van der Waals surface area contributed by atoms with Crippen molar-refractivity contribution in [2.75, 3.05) is 18.1 Å². The van der Waals surface area contributed by atoms with Gasteiger partial charge < -0.3 is 24.3 Å². The maximum Gasteiger partial charge on any atom is 0.336 e. The third-order valence-corrected chi connectivity index (χ3v) is 10.6. The first-order chi connectivity index (χ1) is 23.5. The highest BCUT2D eigenvalue weighted by Crippen LogP contribution is 2.43. The average Bonchev–Trinajstić information content (AvgIpc) is 3.69. The number of carbonyl (C=O) groups excluding carboxylic acids is 1. The predicted molar refractivity (Wildman–Crippen MR) is 195 cm³/mol. The van der Waals surface area contributed by atoms with Gasteiger partial charge in [0, 0.05) is 70.2 Å². The first-order valence-electron chi connectivity index (χ1n) is 16.4. The molecule has 1 aliphatic rings. The van der Waals surface area contributed by atoms with Gasteiger partial charge >= 0.3 is 5.97 Å². The molecule has 0 saturated carbocycles. The fraction of sp³-hybridized carbons (Fsp3) is 0.289. The number of amides is 1. The van der Waals surface area contributed by atoms with E-state index in [0.717, 1.165) is 60.9 Å². The van der Waals surface area contributed by atoms with Crippen molar-refractivity contribution in [1.82, 2.24) is 19.3 Å². The zero-order valence-corrected chi connectivity index (χ0v) is 29.6. The predicted octanol–water partition coefficient (Wildman–Crippen LogP) is 8.82. The lowest BCUT2D eigenvalue weighted by atomic mass is 9.98. The van der Waals surface area contributed by atoms with Crippen LogP contribution in [0.1, 0.15) is 61.8 Å². The molecule has 1 aliphatic heterocycles. The van der Waals surface area contributed by atoms with Gasteiger partial charge in [-0.2, -0.15) is 5.10 Å². The van der Waals surface area contributed by atoms with Crippen molar-refractivity contribution in [3.05, 3.63) is 98.0 Å². The molecule has 0 spiro atoms. The summed E-state index contributed by atoms with van der Waals surface area (Å²) < 4.78 is 10.2. The van der Waals surface area contributed by atoms with Gasteiger partial charge in [-0.15, -0.1) is 0 Å². The summed E-state index contributed by atoms with van der Waals surface area (Å²) in [6, 6.07) is 13.0. The van der Waals surface area contributed by atoms with Crippen molar-refractivity contribution in [1.29, 1.82) is 0 Å². The second-order valence-corrected chi connectivity index (χ2v) is 13.6. The number of carbonyl (C=O) groups is 2. The van der Waals surface area contributed by atoms with E-state index in [9.17, 15) is 14.7 Å². The molecule has 3 aromatic heterocycles. The number of hydrogen-bond donors (Lipinski definition) is 2. The summed E-state index contributed by atoms with van der Waals surface area (Å²) in [7, 11) is 1.92. The lowest BCUT2D eigenvalue weighted by molar-refractivity contribution is 0.0698. The first kappa shape index (κ1) is 32.8. The number of fused-ring (bicyclic) bond motifs is 4. The van der Waals surface area contributed by atoms with Gasteiger partial charge in [-0.25, -0.2) is 4.79 Å². The highest BCUT2D eigenvalue weighted by atomic mass is 35.5. The molecule has 0 fully saturated rings. The third kappa shape index (κ3) is 5.55. The second-order valence-electron chi connectivity index (χ2n) is 12.8. The van der Waals surface area contributed by atoms with Crippen LogP contribution >= 0.6 is 23.2 Å². The lowest BCUT2D eigenvalue weighted by Gasteiger charge is -2.22. The molecule has 2 N–H and O–H groups in total. The Labute approximate surface area is 294 Å². The summed E-state index contributed by atoms with van der Waals surface area (Å²) in [5.74, 6) is -0.471. The number of aromatic amines is 1. The van der Waals surface area contributed by atoms with Crippen LogP contribution in [0.5, 0.6) is 5.75 Å². The Morgan fingerprint density at radius 3 is 2.45 bits per heavy atom. The minimum atomic E-state index is -1.05. The molecule has 4 heterocycles. The van der Waals surface area contributed by atoms with Gasteiger partial charge in [-0.05, 0) is 100 Å². The van der Waals surface area contributed by atoms with Gasteiger partial charge in [-0.1, -0.05) is 29.3 Å². The van der Waals surface area contributed by atoms with Crippen LogP contribution in [-0.4, -0.2) is 49.5 Å². The standard InChI is InChI=1S/C38H37Cl2N5O4/c1-20-16-25(17-21(2)34(20)40)49-15-6-8-27-28-9-10-30(39)33(32-22(3)42-43(5)23(32)4)35(28)45-14-7-13-44(37(46)36(27)45)24-18-29(38(47)48)26-11-12-41-31(26)19-24/h9-12,16-19,41H,6-8,13-15H2,1-5H3,(H,47,48). The van der Waals surface area contributed by atoms with E-state index in [1.54, 1.807) is 23.2 Å². The molecule has 0 aliphatic carbocycles. The van der Waals surface area contributed by atoms with Crippen LogP contribution in [0.2, 0.25) is 10.0 Å². The zero-order chi connectivity index (χ0) is 34.7. The quantitative estimate of drug-likeness (QED) is 0.155. The summed E-state index contributed by atoms with van der Waals surface area (Å²) in [5.41, 5.74) is 9.32. The molecule has 0 bridgehead atoms. The Morgan fingerprint density at radius 2 is 1.76 bits per heavy atom. The topological polar surface area (TPSA) is 105 Å². The van der Waals surface area contributed by atoms with Gasteiger partial charge in [0.2, 0.25) is 0 Å². The van der Waals surface area contributed by atoms with Crippen LogP contribution in [0.3, 0.4) is 0 Å². The number of hydrogen-bond acceptors (Lipinski definition) is 4. The van der Waals surface area contributed by atoms with Gasteiger partial charge in [0.05, 0.1) is 28.4 Å². The molecule has 0 radical (unpaired) electrons. The molecule has 252 valence electrons. The van der Waals surface area contributed by atoms with Crippen LogP contribution in [0.4, 0.5) is 5.69 Å². The second kappa shape index (κ2) is 12.6. The summed E-state index contributed by atoms with van der Waals surface area (Å²) in [5, 5.41) is 17.6. The van der Waals surface area contributed by atoms with E-state index in [0.29, 0.717) is 66.3 Å². The van der Waals surface area contributed by atoms with Crippen molar-refractivity contribution < 1.29 is 19.4 Å². The van der Waals surface area contributed by atoms with Crippen LogP contribution in [0, 0.1) is 27.7 Å². The molecule has 11 heteroatoms. The minimum absolute atomic E-state index is 0.146. The molecule has 0 atom stereocenters. The number of benzene rings is 3. The van der Waals surface area contributed by atoms with Gasteiger partial charge in [0.15, 0.2) is 0 Å².